The number of nitrogens with one attached hydrogen (secondary N) is 2. The van der Waals surface area contributed by atoms with Gasteiger partial charge in [0, 0.05) is 74.2 Å². The van der Waals surface area contributed by atoms with Crippen LogP contribution in [0.5, 0.6) is 0 Å². The van der Waals surface area contributed by atoms with E-state index in [9.17, 15) is 9.59 Å². The van der Waals surface area contributed by atoms with E-state index in [2.05, 4.69) is 20.2 Å². The summed E-state index contributed by atoms with van der Waals surface area (Å²) in [5.74, 6) is -0.0754. The number of aromatic amines is 1. The van der Waals surface area contributed by atoms with Gasteiger partial charge in [0.2, 0.25) is 0 Å². The molecule has 0 atom stereocenters. The number of aromatic nitrogens is 2. The third-order valence-electron chi connectivity index (χ3n) is 7.40. The Morgan fingerprint density at radius 2 is 1.83 bits per heavy atom. The number of ether oxygens (including phenoxy) is 1. The van der Waals surface area contributed by atoms with E-state index in [4.69, 9.17) is 4.74 Å². The van der Waals surface area contributed by atoms with Crippen LogP contribution in [-0.4, -0.2) is 77.5 Å². The van der Waals surface area contributed by atoms with Crippen molar-refractivity contribution in [3.63, 3.8) is 0 Å². The lowest BCUT2D eigenvalue weighted by Crippen LogP contribution is -2.45. The molecular weight excluding hydrogens is 454 g/mol. The number of morpholine rings is 1. The molecule has 2 aromatic heterocycles. The lowest BCUT2D eigenvalue weighted by atomic mass is 9.94. The minimum absolute atomic E-state index is 0.0663. The summed E-state index contributed by atoms with van der Waals surface area (Å²) in [4.78, 5) is 38.3. The van der Waals surface area contributed by atoms with E-state index in [0.29, 0.717) is 18.7 Å². The molecule has 0 aliphatic carbocycles. The van der Waals surface area contributed by atoms with Crippen LogP contribution in [-0.2, 0) is 16.0 Å². The molecule has 0 spiro atoms. The number of hydrogen-bond acceptors (Lipinski definition) is 5. The van der Waals surface area contributed by atoms with Crippen LogP contribution in [0.4, 0.5) is 5.69 Å². The third-order valence-corrected chi connectivity index (χ3v) is 7.40. The van der Waals surface area contributed by atoms with Crippen LogP contribution in [0.15, 0.2) is 42.7 Å². The second-order valence-electron chi connectivity index (χ2n) is 9.49. The topological polar surface area (TPSA) is 90.6 Å². The number of carbonyl (C=O) groups excluding carboxylic acids is 2. The molecule has 8 nitrogen and oxygen atoms in total. The third kappa shape index (κ3) is 4.02. The smallest absolute Gasteiger partial charge is 0.256 e. The molecular formula is C28H29N5O3. The van der Waals surface area contributed by atoms with E-state index in [1.54, 1.807) is 12.4 Å². The fourth-order valence-electron chi connectivity index (χ4n) is 5.41. The normalized spacial score (nSPS) is 18.9. The van der Waals surface area contributed by atoms with Crippen molar-refractivity contribution in [2.45, 2.75) is 13.3 Å². The highest BCUT2D eigenvalue weighted by Crippen LogP contribution is 2.40. The average molecular weight is 484 g/mol. The Kier molecular flexibility index (Phi) is 5.91. The zero-order chi connectivity index (χ0) is 24.6. The minimum Gasteiger partial charge on any atom is -0.379 e. The van der Waals surface area contributed by atoms with Crippen LogP contribution in [0.2, 0.25) is 0 Å². The van der Waals surface area contributed by atoms with Gasteiger partial charge in [-0.2, -0.15) is 0 Å². The van der Waals surface area contributed by atoms with Crippen molar-refractivity contribution in [1.82, 2.24) is 19.8 Å². The van der Waals surface area contributed by atoms with E-state index in [0.717, 1.165) is 84.2 Å². The van der Waals surface area contributed by atoms with Crippen LogP contribution in [0.3, 0.4) is 0 Å². The summed E-state index contributed by atoms with van der Waals surface area (Å²) < 4.78 is 5.43. The Bertz CT molecular complexity index is 1360. The average Bonchev–Trinajstić information content (AvgIpc) is 3.41. The predicted octanol–water partition coefficient (Wildman–Crippen LogP) is 3.21. The highest BCUT2D eigenvalue weighted by molar-refractivity contribution is 6.36. The SMILES string of the molecule is Cc1c(/C=C2\C(=O)Nc3cccc(-c4ccncc4)c32)[nH]c2c1C(=O)N(CCN1CCOCC1)CC2. The number of amides is 2. The first-order chi connectivity index (χ1) is 17.6. The first kappa shape index (κ1) is 22.7. The van der Waals surface area contributed by atoms with E-state index in [1.165, 1.54) is 0 Å². The van der Waals surface area contributed by atoms with Crippen LogP contribution in [0.25, 0.3) is 22.8 Å². The maximum absolute atomic E-state index is 13.4. The zero-order valence-electron chi connectivity index (χ0n) is 20.3. The first-order valence-electron chi connectivity index (χ1n) is 12.5. The van der Waals surface area contributed by atoms with Crippen LogP contribution in [0, 0.1) is 6.92 Å². The molecule has 1 saturated heterocycles. The van der Waals surface area contributed by atoms with E-state index < -0.39 is 0 Å². The second-order valence-corrected chi connectivity index (χ2v) is 9.49. The van der Waals surface area contributed by atoms with E-state index in [-0.39, 0.29) is 11.8 Å². The molecule has 0 bridgehead atoms. The molecule has 2 N–H and O–H groups in total. The Morgan fingerprint density at radius 1 is 1.03 bits per heavy atom. The monoisotopic (exact) mass is 483 g/mol. The summed E-state index contributed by atoms with van der Waals surface area (Å²) in [7, 11) is 0. The van der Waals surface area contributed by atoms with Crippen LogP contribution in [0.1, 0.15) is 32.9 Å². The molecule has 3 aromatic rings. The molecule has 5 heterocycles. The molecule has 0 unspecified atom stereocenters. The standard InChI is InChI=1S/C28H29N5O3/c1-18-24(30-23-7-10-33(28(35)25(18)23)12-11-32-13-15-36-16-14-32)17-21-26-20(19-5-8-29-9-6-19)3-2-4-22(26)31-27(21)34/h2-6,8-9,17,30H,7,10-16H2,1H3,(H,31,34)/b21-17-. The van der Waals surface area contributed by atoms with Crippen molar-refractivity contribution >= 4 is 29.2 Å². The van der Waals surface area contributed by atoms with Crippen LogP contribution >= 0.6 is 0 Å². The number of anilines is 1. The van der Waals surface area contributed by atoms with Crippen molar-refractivity contribution in [2.24, 2.45) is 0 Å². The summed E-state index contributed by atoms with van der Waals surface area (Å²) in [6, 6.07) is 9.77. The molecule has 36 heavy (non-hydrogen) atoms. The number of H-pyrrole nitrogens is 1. The molecule has 1 fully saturated rings. The molecule has 1 aromatic carbocycles. The summed E-state index contributed by atoms with van der Waals surface area (Å²) in [5, 5.41) is 3.00. The van der Waals surface area contributed by atoms with E-state index >= 15 is 0 Å². The maximum Gasteiger partial charge on any atom is 0.256 e. The van der Waals surface area contributed by atoms with Crippen molar-refractivity contribution in [3.8, 4) is 11.1 Å². The van der Waals surface area contributed by atoms with E-state index in [1.807, 2.05) is 48.2 Å². The molecule has 3 aliphatic rings. The summed E-state index contributed by atoms with van der Waals surface area (Å²) in [5.41, 5.74) is 7.63. The summed E-state index contributed by atoms with van der Waals surface area (Å²) in [6.45, 7) is 7.58. The largest absolute Gasteiger partial charge is 0.379 e. The Hall–Kier alpha value is -3.75. The number of nitrogens with zero attached hydrogens (tertiary/aromatic N) is 3. The molecule has 3 aliphatic heterocycles. The van der Waals surface area contributed by atoms with Crippen LogP contribution < -0.4 is 5.32 Å². The molecule has 8 heteroatoms. The van der Waals surface area contributed by atoms with Gasteiger partial charge in [-0.25, -0.2) is 0 Å². The van der Waals surface area contributed by atoms with Crippen molar-refractivity contribution in [2.75, 3.05) is 51.3 Å². The maximum atomic E-state index is 13.4. The van der Waals surface area contributed by atoms with Crippen molar-refractivity contribution in [1.29, 1.82) is 0 Å². The van der Waals surface area contributed by atoms with Gasteiger partial charge < -0.3 is 19.9 Å². The molecule has 0 saturated carbocycles. The van der Waals surface area contributed by atoms with Gasteiger partial charge in [-0.05, 0) is 47.9 Å². The lowest BCUT2D eigenvalue weighted by molar-refractivity contribution is -0.110. The number of carbonyl (C=O) groups is 2. The Morgan fingerprint density at radius 3 is 2.64 bits per heavy atom. The first-order valence-corrected chi connectivity index (χ1v) is 12.5. The summed E-state index contributed by atoms with van der Waals surface area (Å²) in [6.07, 6.45) is 6.17. The van der Waals surface area contributed by atoms with Gasteiger partial charge in [0.05, 0.1) is 24.4 Å². The van der Waals surface area contributed by atoms with Gasteiger partial charge >= 0.3 is 0 Å². The predicted molar refractivity (Wildman–Crippen MR) is 139 cm³/mol. The van der Waals surface area contributed by atoms with Gasteiger partial charge in [-0.1, -0.05) is 12.1 Å². The lowest BCUT2D eigenvalue weighted by Gasteiger charge is -2.32. The van der Waals surface area contributed by atoms with Gasteiger partial charge in [0.15, 0.2) is 0 Å². The Labute approximate surface area is 210 Å². The van der Waals surface area contributed by atoms with Gasteiger partial charge in [0.1, 0.15) is 0 Å². The zero-order valence-corrected chi connectivity index (χ0v) is 20.3. The minimum atomic E-state index is -0.142. The number of benzene rings is 1. The number of rotatable bonds is 5. The van der Waals surface area contributed by atoms with Crippen molar-refractivity contribution in [3.05, 3.63) is 70.8 Å². The highest BCUT2D eigenvalue weighted by Gasteiger charge is 2.31. The molecule has 2 amide bonds. The van der Waals surface area contributed by atoms with Gasteiger partial charge in [-0.3, -0.25) is 19.5 Å². The van der Waals surface area contributed by atoms with Gasteiger partial charge in [-0.15, -0.1) is 0 Å². The summed E-state index contributed by atoms with van der Waals surface area (Å²) >= 11 is 0. The Balaban J connectivity index is 1.31. The quantitative estimate of drug-likeness (QED) is 0.544. The second kappa shape index (κ2) is 9.37. The number of hydrogen-bond donors (Lipinski definition) is 2. The fourth-order valence-corrected chi connectivity index (χ4v) is 5.41. The van der Waals surface area contributed by atoms with Gasteiger partial charge in [0.25, 0.3) is 11.8 Å². The number of pyridine rings is 1. The highest BCUT2D eigenvalue weighted by atomic mass is 16.5. The number of fused-ring (bicyclic) bond motifs is 2. The molecule has 0 radical (unpaired) electrons. The molecule has 184 valence electrons. The fraction of sp³-hybridized carbons (Fsp3) is 0.321. The molecule has 6 rings (SSSR count). The van der Waals surface area contributed by atoms with Crippen molar-refractivity contribution < 1.29 is 14.3 Å².